The maximum atomic E-state index is 13.3. The smallest absolute Gasteiger partial charge is 0.309 e. The van der Waals surface area contributed by atoms with Gasteiger partial charge in [-0.15, -0.1) is 0 Å². The number of nitrogens with zero attached hydrogens (tertiary/aromatic N) is 1. The van der Waals surface area contributed by atoms with Gasteiger partial charge in [0.1, 0.15) is 0 Å². The SMILES string of the molecule is C[C@]12CCC[C@](C)(C(=O)O)[C@@H]1CC[C@@]1(C)C3=C(CC[C@H]21)C(=O)N(CCc1ccccc1)C3. The van der Waals surface area contributed by atoms with Gasteiger partial charge >= 0.3 is 5.97 Å². The van der Waals surface area contributed by atoms with Gasteiger partial charge in [-0.1, -0.05) is 50.6 Å². The van der Waals surface area contributed by atoms with Gasteiger partial charge in [0, 0.05) is 18.7 Å². The molecule has 1 heterocycles. The molecule has 1 amide bonds. The van der Waals surface area contributed by atoms with E-state index in [1.807, 2.05) is 13.0 Å². The van der Waals surface area contributed by atoms with Crippen LogP contribution in [0.5, 0.6) is 0 Å². The summed E-state index contributed by atoms with van der Waals surface area (Å²) in [6.45, 7) is 8.32. The Bertz CT molecular complexity index is 968. The summed E-state index contributed by atoms with van der Waals surface area (Å²) >= 11 is 0. The number of benzene rings is 1. The molecule has 2 fully saturated rings. The van der Waals surface area contributed by atoms with Crippen LogP contribution in [0.15, 0.2) is 41.5 Å². The normalized spacial score (nSPS) is 38.8. The highest BCUT2D eigenvalue weighted by Gasteiger charge is 2.63. The number of aliphatic carboxylic acids is 1. The zero-order valence-corrected chi connectivity index (χ0v) is 19.8. The van der Waals surface area contributed by atoms with E-state index in [-0.39, 0.29) is 22.7 Å². The van der Waals surface area contributed by atoms with Crippen molar-refractivity contribution in [3.8, 4) is 0 Å². The number of hydrogen-bond acceptors (Lipinski definition) is 2. The van der Waals surface area contributed by atoms with Crippen LogP contribution in [0.4, 0.5) is 0 Å². The topological polar surface area (TPSA) is 57.6 Å². The molecule has 1 aromatic rings. The summed E-state index contributed by atoms with van der Waals surface area (Å²) in [6.07, 6.45) is 7.67. The van der Waals surface area contributed by atoms with Crippen molar-refractivity contribution in [1.82, 2.24) is 4.90 Å². The Kier molecular flexibility index (Phi) is 5.07. The Morgan fingerprint density at radius 1 is 1.06 bits per heavy atom. The quantitative estimate of drug-likeness (QED) is 0.682. The highest BCUT2D eigenvalue weighted by atomic mass is 16.4. The second kappa shape index (κ2) is 7.46. The summed E-state index contributed by atoms with van der Waals surface area (Å²) in [5, 5.41) is 10.1. The fraction of sp³-hybridized carbons (Fsp3) is 0.643. The minimum atomic E-state index is -0.615. The molecule has 0 spiro atoms. The Labute approximate surface area is 192 Å². The molecule has 1 aliphatic heterocycles. The van der Waals surface area contributed by atoms with E-state index in [1.165, 1.54) is 11.1 Å². The van der Waals surface area contributed by atoms with Crippen LogP contribution >= 0.6 is 0 Å². The van der Waals surface area contributed by atoms with E-state index in [0.29, 0.717) is 5.92 Å². The lowest BCUT2D eigenvalue weighted by molar-refractivity contribution is -0.175. The predicted molar refractivity (Wildman–Crippen MR) is 125 cm³/mol. The van der Waals surface area contributed by atoms with Gasteiger partial charge in [0.05, 0.1) is 5.41 Å². The molecule has 3 aliphatic carbocycles. The van der Waals surface area contributed by atoms with Crippen molar-refractivity contribution < 1.29 is 14.7 Å². The van der Waals surface area contributed by atoms with Crippen molar-refractivity contribution in [1.29, 1.82) is 0 Å². The molecule has 0 unspecified atom stereocenters. The fourth-order valence-corrected chi connectivity index (χ4v) is 8.43. The number of rotatable bonds is 4. The summed E-state index contributed by atoms with van der Waals surface area (Å²) in [4.78, 5) is 27.7. The van der Waals surface area contributed by atoms with E-state index in [2.05, 4.69) is 43.0 Å². The zero-order chi connectivity index (χ0) is 22.7. The van der Waals surface area contributed by atoms with Crippen LogP contribution in [0.25, 0.3) is 0 Å². The Balaban J connectivity index is 1.40. The van der Waals surface area contributed by atoms with Crippen molar-refractivity contribution >= 4 is 11.9 Å². The van der Waals surface area contributed by atoms with E-state index >= 15 is 0 Å². The van der Waals surface area contributed by atoms with Crippen LogP contribution in [-0.2, 0) is 16.0 Å². The number of carboxylic acid groups (broad SMARTS) is 1. The number of hydrogen-bond donors (Lipinski definition) is 1. The van der Waals surface area contributed by atoms with Crippen LogP contribution in [-0.4, -0.2) is 35.0 Å². The average molecular weight is 436 g/mol. The molecule has 0 saturated heterocycles. The minimum absolute atomic E-state index is 0.0206. The second-order valence-corrected chi connectivity index (χ2v) is 11.6. The number of carbonyl (C=O) groups is 2. The molecule has 1 aromatic carbocycles. The van der Waals surface area contributed by atoms with Crippen molar-refractivity contribution in [3.05, 3.63) is 47.0 Å². The largest absolute Gasteiger partial charge is 0.481 e. The van der Waals surface area contributed by atoms with Crippen molar-refractivity contribution in [2.24, 2.45) is 28.1 Å². The monoisotopic (exact) mass is 435 g/mol. The highest BCUT2D eigenvalue weighted by Crippen LogP contribution is 2.68. The standard InChI is InChI=1S/C28H37NO3/c1-26-16-12-23-27(2,14-7-15-28(23,3)25(31)32)22(26)11-10-20-21(26)18-29(24(20)30)17-13-19-8-5-4-6-9-19/h4-6,8-9,22-23H,7,10-18H2,1-3H3,(H,31,32)/t22-,23+,26-,27+,28-/m0/s1. The summed E-state index contributed by atoms with van der Waals surface area (Å²) in [5.74, 6) is 0.332. The first-order valence-corrected chi connectivity index (χ1v) is 12.5. The molecule has 32 heavy (non-hydrogen) atoms. The lowest BCUT2D eigenvalue weighted by atomic mass is 9.40. The fourth-order valence-electron chi connectivity index (χ4n) is 8.43. The molecule has 2 saturated carbocycles. The molecule has 4 nitrogen and oxygen atoms in total. The van der Waals surface area contributed by atoms with Gasteiger partial charge in [0.2, 0.25) is 5.91 Å². The summed E-state index contributed by atoms with van der Waals surface area (Å²) in [5.41, 5.74) is 3.18. The van der Waals surface area contributed by atoms with Crippen LogP contribution in [0.2, 0.25) is 0 Å². The third-order valence-corrected chi connectivity index (χ3v) is 10.1. The van der Waals surface area contributed by atoms with Gasteiger partial charge in [0.15, 0.2) is 0 Å². The molecular formula is C28H37NO3. The van der Waals surface area contributed by atoms with Gasteiger partial charge in [0.25, 0.3) is 0 Å². The molecule has 5 rings (SSSR count). The lowest BCUT2D eigenvalue weighted by Gasteiger charge is -2.63. The first-order chi connectivity index (χ1) is 15.2. The molecule has 5 atom stereocenters. The Morgan fingerprint density at radius 3 is 2.53 bits per heavy atom. The van der Waals surface area contributed by atoms with E-state index in [4.69, 9.17) is 0 Å². The summed E-state index contributed by atoms with van der Waals surface area (Å²) in [6, 6.07) is 10.4. The van der Waals surface area contributed by atoms with Gasteiger partial charge in [-0.05, 0) is 85.7 Å². The van der Waals surface area contributed by atoms with Crippen molar-refractivity contribution in [2.45, 2.75) is 72.1 Å². The second-order valence-electron chi connectivity index (χ2n) is 11.6. The van der Waals surface area contributed by atoms with Crippen LogP contribution < -0.4 is 0 Å². The first kappa shape index (κ1) is 21.7. The summed E-state index contributed by atoms with van der Waals surface area (Å²) in [7, 11) is 0. The maximum Gasteiger partial charge on any atom is 0.309 e. The molecule has 0 bridgehead atoms. The third kappa shape index (κ3) is 3.01. The maximum absolute atomic E-state index is 13.3. The molecule has 4 aliphatic rings. The third-order valence-electron chi connectivity index (χ3n) is 10.1. The van der Waals surface area contributed by atoms with E-state index in [0.717, 1.165) is 70.0 Å². The van der Waals surface area contributed by atoms with Crippen molar-refractivity contribution in [3.63, 3.8) is 0 Å². The molecule has 4 heteroatoms. The zero-order valence-electron chi connectivity index (χ0n) is 19.8. The molecule has 172 valence electrons. The van der Waals surface area contributed by atoms with Gasteiger partial charge in [-0.25, -0.2) is 0 Å². The van der Waals surface area contributed by atoms with E-state index in [9.17, 15) is 14.7 Å². The predicted octanol–water partition coefficient (Wildman–Crippen LogP) is 5.48. The van der Waals surface area contributed by atoms with E-state index < -0.39 is 11.4 Å². The van der Waals surface area contributed by atoms with Crippen LogP contribution in [0, 0.1) is 28.1 Å². The number of fused-ring (bicyclic) bond motifs is 4. The van der Waals surface area contributed by atoms with Crippen LogP contribution in [0.3, 0.4) is 0 Å². The van der Waals surface area contributed by atoms with Crippen molar-refractivity contribution in [2.75, 3.05) is 13.1 Å². The van der Waals surface area contributed by atoms with Gasteiger partial charge in [-0.3, -0.25) is 9.59 Å². The molecule has 1 N–H and O–H groups in total. The number of carbonyl (C=O) groups excluding carboxylic acids is 1. The minimum Gasteiger partial charge on any atom is -0.481 e. The molecule has 0 radical (unpaired) electrons. The molecular weight excluding hydrogens is 398 g/mol. The van der Waals surface area contributed by atoms with Crippen LogP contribution in [0.1, 0.15) is 71.3 Å². The average Bonchev–Trinajstić information content (AvgIpc) is 3.09. The first-order valence-electron chi connectivity index (χ1n) is 12.5. The van der Waals surface area contributed by atoms with Gasteiger partial charge in [-0.2, -0.15) is 0 Å². The lowest BCUT2D eigenvalue weighted by Crippen LogP contribution is -2.58. The highest BCUT2D eigenvalue weighted by molar-refractivity contribution is 5.97. The Morgan fingerprint density at radius 2 is 1.81 bits per heavy atom. The number of amides is 1. The van der Waals surface area contributed by atoms with Gasteiger partial charge < -0.3 is 10.0 Å². The Hall–Kier alpha value is -2.10. The van der Waals surface area contributed by atoms with E-state index in [1.54, 1.807) is 0 Å². The number of carboxylic acids is 1. The summed E-state index contributed by atoms with van der Waals surface area (Å²) < 4.78 is 0. The molecule has 0 aromatic heterocycles.